The fraction of sp³-hybridized carbons (Fsp3) is 0.174. The highest BCUT2D eigenvalue weighted by molar-refractivity contribution is 5.96. The maximum Gasteiger partial charge on any atom is 0.246 e. The van der Waals surface area contributed by atoms with Crippen molar-refractivity contribution in [2.75, 3.05) is 24.7 Å². The molecule has 3 rings (SSSR count). The second-order valence-electron chi connectivity index (χ2n) is 6.70. The summed E-state index contributed by atoms with van der Waals surface area (Å²) in [6, 6.07) is 10.8. The fourth-order valence-electron chi connectivity index (χ4n) is 2.80. The Morgan fingerprint density at radius 3 is 2.48 bits per heavy atom. The molecule has 3 heterocycles. The number of nitrogens with zero attached hydrogens (tertiary/aromatic N) is 4. The van der Waals surface area contributed by atoms with E-state index in [0.29, 0.717) is 5.69 Å². The van der Waals surface area contributed by atoms with Gasteiger partial charge in [0.2, 0.25) is 5.91 Å². The number of carbonyl (C=O) groups is 1. The van der Waals surface area contributed by atoms with E-state index in [9.17, 15) is 4.79 Å². The Balaban J connectivity index is 1.59. The lowest BCUT2D eigenvalue weighted by molar-refractivity contribution is -0.116. The van der Waals surface area contributed by atoms with Crippen molar-refractivity contribution in [3.8, 4) is 11.3 Å². The molecule has 1 atom stereocenters. The topological polar surface area (TPSA) is 104 Å². The van der Waals surface area contributed by atoms with Gasteiger partial charge in [-0.25, -0.2) is 0 Å². The molecule has 0 saturated heterocycles. The van der Waals surface area contributed by atoms with E-state index < -0.39 is 6.04 Å². The van der Waals surface area contributed by atoms with Crippen LogP contribution in [0.25, 0.3) is 17.0 Å². The van der Waals surface area contributed by atoms with Crippen LogP contribution in [-0.2, 0) is 4.79 Å². The number of aliphatic imine (C=N–C) groups is 1. The Bertz CT molecular complexity index is 1050. The van der Waals surface area contributed by atoms with Gasteiger partial charge in [-0.2, -0.15) is 0 Å². The fourth-order valence-corrected chi connectivity index (χ4v) is 2.80. The number of rotatable bonds is 8. The van der Waals surface area contributed by atoms with Crippen molar-refractivity contribution in [2.45, 2.75) is 13.0 Å². The Morgan fingerprint density at radius 2 is 1.87 bits per heavy atom. The van der Waals surface area contributed by atoms with Gasteiger partial charge in [-0.1, -0.05) is 0 Å². The van der Waals surface area contributed by atoms with E-state index in [0.717, 1.165) is 28.3 Å². The molecule has 0 bridgehead atoms. The van der Waals surface area contributed by atoms with Crippen molar-refractivity contribution in [3.05, 3.63) is 73.0 Å². The first-order valence-corrected chi connectivity index (χ1v) is 9.81. The van der Waals surface area contributed by atoms with Gasteiger partial charge in [0.15, 0.2) is 0 Å². The van der Waals surface area contributed by atoms with E-state index in [1.54, 1.807) is 45.0 Å². The van der Waals surface area contributed by atoms with Crippen molar-refractivity contribution in [3.63, 3.8) is 0 Å². The summed E-state index contributed by atoms with van der Waals surface area (Å²) in [5, 5.41) is 9.11. The maximum atomic E-state index is 12.5. The van der Waals surface area contributed by atoms with Gasteiger partial charge in [-0.3, -0.25) is 24.7 Å². The van der Waals surface area contributed by atoms with Crippen LogP contribution in [-0.4, -0.2) is 47.2 Å². The Labute approximate surface area is 181 Å². The van der Waals surface area contributed by atoms with Gasteiger partial charge in [0, 0.05) is 38.3 Å². The quantitative estimate of drug-likeness (QED) is 0.488. The first kappa shape index (κ1) is 21.6. The normalized spacial score (nSPS) is 12.4. The van der Waals surface area contributed by atoms with Crippen LogP contribution in [0, 0.1) is 0 Å². The van der Waals surface area contributed by atoms with Crippen LogP contribution in [0.15, 0.2) is 72.3 Å². The van der Waals surface area contributed by atoms with Crippen LogP contribution < -0.4 is 16.0 Å². The highest BCUT2D eigenvalue weighted by Crippen LogP contribution is 2.18. The zero-order valence-electron chi connectivity index (χ0n) is 17.7. The minimum Gasteiger partial charge on any atom is -0.386 e. The number of anilines is 2. The molecular formula is C23H25N7O. The average molecular weight is 416 g/mol. The Kier molecular flexibility index (Phi) is 7.42. The molecule has 0 aliphatic rings. The molecule has 0 aliphatic carbocycles. The summed E-state index contributed by atoms with van der Waals surface area (Å²) in [6.07, 6.45) is 10.3. The van der Waals surface area contributed by atoms with Crippen LogP contribution >= 0.6 is 0 Å². The molecule has 3 N–H and O–H groups in total. The van der Waals surface area contributed by atoms with Crippen LogP contribution in [0.5, 0.6) is 0 Å². The van der Waals surface area contributed by atoms with Gasteiger partial charge in [0.1, 0.15) is 6.04 Å². The number of nitrogens with one attached hydrogen (secondary N) is 3. The molecule has 0 radical (unpaired) electrons. The number of pyridine rings is 3. The van der Waals surface area contributed by atoms with Crippen LogP contribution in [0.2, 0.25) is 0 Å². The molecule has 158 valence electrons. The molecule has 0 fully saturated rings. The summed E-state index contributed by atoms with van der Waals surface area (Å²) in [7, 11) is 3.54. The van der Waals surface area contributed by atoms with Crippen LogP contribution in [0.3, 0.4) is 0 Å². The number of carbonyl (C=O) groups excluding carboxylic acids is 1. The summed E-state index contributed by atoms with van der Waals surface area (Å²) >= 11 is 0. The highest BCUT2D eigenvalue weighted by atomic mass is 16.2. The second-order valence-corrected chi connectivity index (χ2v) is 6.70. The van der Waals surface area contributed by atoms with Crippen LogP contribution in [0.1, 0.15) is 12.6 Å². The van der Waals surface area contributed by atoms with E-state index in [2.05, 4.69) is 35.9 Å². The molecule has 3 aromatic heterocycles. The number of amides is 1. The standard InChI is InChI=1S/C23H25N7O/c1-16(29-18-7-9-22(28-14-18)21(25-3)10-12-24-2)23(31)30-19-6-8-20(27-15-19)17-5-4-11-26-13-17/h4-16,25,29H,1-3H3,(H,30,31)/b21-10-,24-12-. The number of hydrogen-bond donors (Lipinski definition) is 3. The Morgan fingerprint density at radius 1 is 1.06 bits per heavy atom. The third kappa shape index (κ3) is 5.96. The first-order chi connectivity index (χ1) is 15.1. The van der Waals surface area contributed by atoms with Gasteiger partial charge >= 0.3 is 0 Å². The maximum absolute atomic E-state index is 12.5. The van der Waals surface area contributed by atoms with Crippen molar-refractivity contribution in [1.29, 1.82) is 0 Å². The molecule has 31 heavy (non-hydrogen) atoms. The molecule has 1 amide bonds. The number of hydrogen-bond acceptors (Lipinski definition) is 7. The Hall–Kier alpha value is -4.07. The van der Waals surface area contributed by atoms with Gasteiger partial charge in [-0.05, 0) is 49.4 Å². The molecule has 0 saturated carbocycles. The molecular weight excluding hydrogens is 390 g/mol. The lowest BCUT2D eigenvalue weighted by Gasteiger charge is -2.15. The van der Waals surface area contributed by atoms with Gasteiger partial charge in [0.25, 0.3) is 0 Å². The van der Waals surface area contributed by atoms with Crippen LogP contribution in [0.4, 0.5) is 11.4 Å². The predicted octanol–water partition coefficient (Wildman–Crippen LogP) is 3.24. The predicted molar refractivity (Wildman–Crippen MR) is 125 cm³/mol. The van der Waals surface area contributed by atoms with E-state index in [-0.39, 0.29) is 5.91 Å². The molecule has 0 aromatic carbocycles. The lowest BCUT2D eigenvalue weighted by Crippen LogP contribution is -2.31. The van der Waals surface area contributed by atoms with Crippen molar-refractivity contribution >= 4 is 29.2 Å². The van der Waals surface area contributed by atoms with Gasteiger partial charge in [-0.15, -0.1) is 0 Å². The van der Waals surface area contributed by atoms with Gasteiger partial charge < -0.3 is 16.0 Å². The molecule has 8 nitrogen and oxygen atoms in total. The monoisotopic (exact) mass is 415 g/mol. The lowest BCUT2D eigenvalue weighted by atomic mass is 10.2. The van der Waals surface area contributed by atoms with E-state index >= 15 is 0 Å². The summed E-state index contributed by atoms with van der Waals surface area (Å²) < 4.78 is 0. The van der Waals surface area contributed by atoms with E-state index in [1.807, 2.05) is 49.5 Å². The van der Waals surface area contributed by atoms with E-state index in [1.165, 1.54) is 0 Å². The number of allylic oxidation sites excluding steroid dienone is 1. The summed E-state index contributed by atoms with van der Waals surface area (Å²) in [6.45, 7) is 1.79. The minimum atomic E-state index is -0.461. The van der Waals surface area contributed by atoms with Crippen molar-refractivity contribution in [2.24, 2.45) is 4.99 Å². The smallest absolute Gasteiger partial charge is 0.246 e. The minimum absolute atomic E-state index is 0.171. The third-order valence-corrected chi connectivity index (χ3v) is 4.46. The summed E-state index contributed by atoms with van der Waals surface area (Å²) in [5.74, 6) is -0.171. The number of aromatic nitrogens is 3. The van der Waals surface area contributed by atoms with Gasteiger partial charge in [0.05, 0.1) is 40.9 Å². The zero-order chi connectivity index (χ0) is 22.1. The summed E-state index contributed by atoms with van der Waals surface area (Å²) in [5.41, 5.74) is 4.72. The molecule has 8 heteroatoms. The zero-order valence-corrected chi connectivity index (χ0v) is 17.7. The first-order valence-electron chi connectivity index (χ1n) is 9.81. The summed E-state index contributed by atoms with van der Waals surface area (Å²) in [4.78, 5) is 29.4. The largest absolute Gasteiger partial charge is 0.386 e. The highest BCUT2D eigenvalue weighted by Gasteiger charge is 2.13. The third-order valence-electron chi connectivity index (χ3n) is 4.46. The molecule has 3 aromatic rings. The second kappa shape index (κ2) is 10.6. The molecule has 0 spiro atoms. The van der Waals surface area contributed by atoms with E-state index in [4.69, 9.17) is 0 Å². The van der Waals surface area contributed by atoms with Crippen molar-refractivity contribution < 1.29 is 4.79 Å². The SMILES string of the molecule is C/N=C\C=C(/NC)c1ccc(NC(C)C(=O)Nc2ccc(-c3cccnc3)nc2)cn1. The molecule has 1 unspecified atom stereocenters. The molecule has 0 aliphatic heterocycles. The average Bonchev–Trinajstić information content (AvgIpc) is 2.81. The van der Waals surface area contributed by atoms with Crippen molar-refractivity contribution in [1.82, 2.24) is 20.3 Å².